The first kappa shape index (κ1) is 25.5. The number of aliphatic imine (C=N–C) groups is 1. The lowest BCUT2D eigenvalue weighted by Crippen LogP contribution is -2.42. The number of benzene rings is 1. The molecule has 0 spiro atoms. The van der Waals surface area contributed by atoms with E-state index >= 15 is 0 Å². The molecule has 1 saturated heterocycles. The second-order valence-electron chi connectivity index (χ2n) is 9.05. The Morgan fingerprint density at radius 2 is 1.87 bits per heavy atom. The van der Waals surface area contributed by atoms with Gasteiger partial charge >= 0.3 is 0 Å². The summed E-state index contributed by atoms with van der Waals surface area (Å²) in [6, 6.07) is 9.11. The van der Waals surface area contributed by atoms with Gasteiger partial charge in [0.2, 0.25) is 0 Å². The molecule has 0 aromatic heterocycles. The highest BCUT2D eigenvalue weighted by Crippen LogP contribution is 2.39. The molecule has 31 heavy (non-hydrogen) atoms. The lowest BCUT2D eigenvalue weighted by molar-refractivity contribution is 0.355. The van der Waals surface area contributed by atoms with Crippen LogP contribution in [0.5, 0.6) is 0 Å². The van der Waals surface area contributed by atoms with E-state index in [-0.39, 0.29) is 11.2 Å². The molecule has 5 heteroatoms. The van der Waals surface area contributed by atoms with Gasteiger partial charge in [0.1, 0.15) is 11.7 Å². The van der Waals surface area contributed by atoms with Crippen LogP contribution in [0.2, 0.25) is 0 Å². The molecular formula is C26H40FN3S. The minimum Gasteiger partial charge on any atom is -0.372 e. The van der Waals surface area contributed by atoms with E-state index in [9.17, 15) is 4.39 Å². The highest BCUT2D eigenvalue weighted by molar-refractivity contribution is 7.98. The van der Waals surface area contributed by atoms with Gasteiger partial charge in [0, 0.05) is 36.0 Å². The summed E-state index contributed by atoms with van der Waals surface area (Å²) in [6.07, 6.45) is 7.89. The van der Waals surface area contributed by atoms with Gasteiger partial charge in [-0.2, -0.15) is 0 Å². The summed E-state index contributed by atoms with van der Waals surface area (Å²) in [7, 11) is 0. The molecule has 1 aromatic carbocycles. The molecule has 0 aliphatic carbocycles. The number of hydrogen-bond acceptors (Lipinski definition) is 3. The van der Waals surface area contributed by atoms with Crippen LogP contribution in [0.1, 0.15) is 66.4 Å². The summed E-state index contributed by atoms with van der Waals surface area (Å²) >= 11 is 1.75. The van der Waals surface area contributed by atoms with E-state index < -0.39 is 0 Å². The Balaban J connectivity index is 2.01. The van der Waals surface area contributed by atoms with Crippen LogP contribution in [0.4, 0.5) is 10.1 Å². The fourth-order valence-electron chi connectivity index (χ4n) is 3.91. The van der Waals surface area contributed by atoms with Crippen LogP contribution in [0, 0.1) is 5.41 Å². The van der Waals surface area contributed by atoms with E-state index in [4.69, 9.17) is 0 Å². The number of rotatable bonds is 10. The second kappa shape index (κ2) is 12.3. The Bertz CT molecular complexity index is 770. The van der Waals surface area contributed by atoms with E-state index in [2.05, 4.69) is 66.6 Å². The maximum atomic E-state index is 13.7. The third-order valence-electron chi connectivity index (χ3n) is 5.77. The number of nitrogens with one attached hydrogen (secondary N) is 1. The zero-order valence-electron chi connectivity index (χ0n) is 20.2. The maximum Gasteiger partial charge on any atom is 0.107 e. The molecule has 1 aliphatic rings. The quantitative estimate of drug-likeness (QED) is 0.307. The standard InChI is InChI=1S/C26H40FN3S/c1-7-10-22(20(4)27)19-28-25-18-26(5,6)24(31-29-25)17-21-11-13-23(14-12-21)30(15-8-2)16-9-3/h7,10-14,24H,8-9,15-19H2,1-6H3,(H,28,29)/b10-7-,22-20-. The number of allylic oxidation sites excluding steroid dienone is 2. The van der Waals surface area contributed by atoms with E-state index in [0.29, 0.717) is 17.4 Å². The molecule has 1 heterocycles. The van der Waals surface area contributed by atoms with Crippen LogP contribution in [-0.4, -0.2) is 30.7 Å². The van der Waals surface area contributed by atoms with Gasteiger partial charge in [-0.15, -0.1) is 0 Å². The molecule has 1 aliphatic heterocycles. The van der Waals surface area contributed by atoms with Crippen LogP contribution >= 0.6 is 11.9 Å². The molecule has 0 saturated carbocycles. The number of amidine groups is 1. The molecule has 0 radical (unpaired) electrons. The van der Waals surface area contributed by atoms with Crippen LogP contribution in [-0.2, 0) is 6.42 Å². The first-order chi connectivity index (χ1) is 14.8. The predicted molar refractivity (Wildman–Crippen MR) is 137 cm³/mol. The third-order valence-corrected chi connectivity index (χ3v) is 7.22. The fourth-order valence-corrected chi connectivity index (χ4v) is 5.00. The average Bonchev–Trinajstić information content (AvgIpc) is 2.73. The zero-order chi connectivity index (χ0) is 22.9. The van der Waals surface area contributed by atoms with Crippen molar-refractivity contribution in [2.24, 2.45) is 10.4 Å². The van der Waals surface area contributed by atoms with Gasteiger partial charge in [0.05, 0.1) is 6.54 Å². The highest BCUT2D eigenvalue weighted by atomic mass is 32.2. The van der Waals surface area contributed by atoms with Crippen molar-refractivity contribution in [2.45, 2.75) is 72.5 Å². The Morgan fingerprint density at radius 1 is 1.23 bits per heavy atom. The van der Waals surface area contributed by atoms with Gasteiger partial charge in [-0.3, -0.25) is 4.99 Å². The van der Waals surface area contributed by atoms with E-state index in [1.54, 1.807) is 18.0 Å². The highest BCUT2D eigenvalue weighted by Gasteiger charge is 2.36. The van der Waals surface area contributed by atoms with Crippen molar-refractivity contribution < 1.29 is 4.39 Å². The van der Waals surface area contributed by atoms with Crippen molar-refractivity contribution in [3.05, 3.63) is 53.4 Å². The van der Waals surface area contributed by atoms with E-state index in [1.165, 1.54) is 31.0 Å². The summed E-state index contributed by atoms with van der Waals surface area (Å²) in [5.74, 6) is 0.794. The van der Waals surface area contributed by atoms with Crippen LogP contribution in [0.15, 0.2) is 52.8 Å². The van der Waals surface area contributed by atoms with E-state index in [1.807, 2.05) is 13.0 Å². The van der Waals surface area contributed by atoms with Crippen LogP contribution in [0.25, 0.3) is 0 Å². The van der Waals surface area contributed by atoms with Gasteiger partial charge in [-0.25, -0.2) is 4.39 Å². The summed E-state index contributed by atoms with van der Waals surface area (Å²) in [5.41, 5.74) is 3.44. The Kier molecular flexibility index (Phi) is 10.1. The third kappa shape index (κ3) is 7.71. The largest absolute Gasteiger partial charge is 0.372 e. The van der Waals surface area contributed by atoms with Gasteiger partial charge in [-0.05, 0) is 68.2 Å². The summed E-state index contributed by atoms with van der Waals surface area (Å²) in [6.45, 7) is 15.1. The van der Waals surface area contributed by atoms with Crippen LogP contribution < -0.4 is 9.62 Å². The number of halogens is 1. The van der Waals surface area contributed by atoms with E-state index in [0.717, 1.165) is 31.8 Å². The molecule has 172 valence electrons. The molecule has 1 fully saturated rings. The Hall–Kier alpha value is -1.75. The predicted octanol–water partition coefficient (Wildman–Crippen LogP) is 7.11. The minimum atomic E-state index is -0.164. The van der Waals surface area contributed by atoms with Crippen molar-refractivity contribution in [2.75, 3.05) is 24.5 Å². The first-order valence-electron chi connectivity index (χ1n) is 11.6. The van der Waals surface area contributed by atoms with Crippen molar-refractivity contribution in [1.82, 2.24) is 4.72 Å². The smallest absolute Gasteiger partial charge is 0.107 e. The summed E-state index contributed by atoms with van der Waals surface area (Å²) < 4.78 is 17.1. The molecule has 1 unspecified atom stereocenters. The SMILES string of the molecule is C/C=C\C(CN=C1CC(C)(C)C(Cc2ccc(N(CCC)CCC)cc2)SN1)=C(/C)F. The minimum absolute atomic E-state index is 0.110. The average molecular weight is 446 g/mol. The second-order valence-corrected chi connectivity index (χ2v) is 10.1. The molecule has 1 atom stereocenters. The lowest BCUT2D eigenvalue weighted by Gasteiger charge is -2.39. The monoisotopic (exact) mass is 445 g/mol. The van der Waals surface area contributed by atoms with Crippen molar-refractivity contribution >= 4 is 23.5 Å². The first-order valence-corrected chi connectivity index (χ1v) is 12.5. The number of nitrogens with zero attached hydrogens (tertiary/aromatic N) is 2. The molecular weight excluding hydrogens is 405 g/mol. The molecule has 0 amide bonds. The summed E-state index contributed by atoms with van der Waals surface area (Å²) in [5, 5.41) is 0.452. The van der Waals surface area contributed by atoms with Gasteiger partial charge < -0.3 is 9.62 Å². The van der Waals surface area contributed by atoms with Crippen LogP contribution in [0.3, 0.4) is 0 Å². The molecule has 0 bridgehead atoms. The molecule has 3 nitrogen and oxygen atoms in total. The van der Waals surface area contributed by atoms with Crippen molar-refractivity contribution in [1.29, 1.82) is 0 Å². The normalized spacial score (nSPS) is 20.6. The number of hydrogen-bond donors (Lipinski definition) is 1. The van der Waals surface area contributed by atoms with Crippen molar-refractivity contribution in [3.63, 3.8) is 0 Å². The maximum absolute atomic E-state index is 13.7. The van der Waals surface area contributed by atoms with Gasteiger partial charge in [0.15, 0.2) is 0 Å². The number of anilines is 1. The molecule has 1 N–H and O–H groups in total. The molecule has 1 aromatic rings. The Labute approximate surface area is 193 Å². The zero-order valence-corrected chi connectivity index (χ0v) is 21.0. The Morgan fingerprint density at radius 3 is 2.39 bits per heavy atom. The lowest BCUT2D eigenvalue weighted by atomic mass is 9.82. The summed E-state index contributed by atoms with van der Waals surface area (Å²) in [4.78, 5) is 7.13. The van der Waals surface area contributed by atoms with Gasteiger partial charge in [-0.1, -0.05) is 52.0 Å². The molecule has 2 rings (SSSR count). The topological polar surface area (TPSA) is 27.6 Å². The van der Waals surface area contributed by atoms with Crippen molar-refractivity contribution in [3.8, 4) is 0 Å². The fraction of sp³-hybridized carbons (Fsp3) is 0.577. The van der Waals surface area contributed by atoms with Gasteiger partial charge in [0.25, 0.3) is 0 Å².